The summed E-state index contributed by atoms with van der Waals surface area (Å²) in [5.41, 5.74) is -0.362. The summed E-state index contributed by atoms with van der Waals surface area (Å²) in [7, 11) is -0.327. The van der Waals surface area contributed by atoms with E-state index in [9.17, 15) is 10.2 Å². The molecule has 0 unspecified atom stereocenters. The summed E-state index contributed by atoms with van der Waals surface area (Å²) >= 11 is 0. The third-order valence-electron chi connectivity index (χ3n) is 4.51. The number of benzene rings is 3. The molecule has 140 valence electrons. The molecule has 0 aliphatic rings. The van der Waals surface area contributed by atoms with E-state index in [1.807, 2.05) is 18.2 Å². The van der Waals surface area contributed by atoms with Crippen LogP contribution in [0.4, 0.5) is 0 Å². The summed E-state index contributed by atoms with van der Waals surface area (Å²) in [6.45, 7) is 7.12. The maximum atomic E-state index is 10.6. The van der Waals surface area contributed by atoms with E-state index >= 15 is 0 Å². The molecule has 0 saturated heterocycles. The molecule has 0 heterocycles. The van der Waals surface area contributed by atoms with Gasteiger partial charge in [0.2, 0.25) is 0 Å². The maximum Gasteiger partial charge on any atom is 0.167 e. The Morgan fingerprint density at radius 3 is 1.26 bits per heavy atom. The summed E-state index contributed by atoms with van der Waals surface area (Å²) in [5.74, 6) is 0. The molecular formula is C24H27O2S+. The Morgan fingerprint density at radius 2 is 0.926 bits per heavy atom. The Bertz CT molecular complexity index is 819. The molecule has 3 rings (SSSR count). The summed E-state index contributed by atoms with van der Waals surface area (Å²) < 4.78 is 0. The molecular weight excluding hydrogens is 352 g/mol. The lowest BCUT2D eigenvalue weighted by atomic mass is 9.91. The van der Waals surface area contributed by atoms with Crippen molar-refractivity contribution in [3.8, 4) is 0 Å². The molecule has 2 N–H and O–H groups in total. The lowest BCUT2D eigenvalue weighted by Gasteiger charge is -2.24. The quantitative estimate of drug-likeness (QED) is 0.596. The van der Waals surface area contributed by atoms with Crippen molar-refractivity contribution in [1.29, 1.82) is 0 Å². The van der Waals surface area contributed by atoms with Crippen LogP contribution in [0.3, 0.4) is 0 Å². The van der Waals surface area contributed by atoms with E-state index < -0.39 is 11.2 Å². The highest BCUT2D eigenvalue weighted by Gasteiger charge is 2.32. The van der Waals surface area contributed by atoms with Crippen molar-refractivity contribution in [3.05, 3.63) is 90.0 Å². The topological polar surface area (TPSA) is 40.5 Å². The van der Waals surface area contributed by atoms with Gasteiger partial charge in [0.05, 0.1) is 22.1 Å². The molecule has 0 radical (unpaired) electrons. The lowest BCUT2D eigenvalue weighted by Crippen LogP contribution is -2.21. The zero-order valence-corrected chi connectivity index (χ0v) is 17.1. The largest absolute Gasteiger partial charge is 0.386 e. The van der Waals surface area contributed by atoms with Gasteiger partial charge in [-0.1, -0.05) is 36.4 Å². The van der Waals surface area contributed by atoms with Crippen LogP contribution in [0.1, 0.15) is 38.8 Å². The van der Waals surface area contributed by atoms with Gasteiger partial charge in [-0.25, -0.2) is 0 Å². The second-order valence-electron chi connectivity index (χ2n) is 7.80. The van der Waals surface area contributed by atoms with Crippen LogP contribution in [-0.2, 0) is 22.1 Å². The van der Waals surface area contributed by atoms with Crippen molar-refractivity contribution >= 4 is 10.9 Å². The first-order chi connectivity index (χ1) is 12.7. The lowest BCUT2D eigenvalue weighted by molar-refractivity contribution is 0.0713. The fraction of sp³-hybridized carbons (Fsp3) is 0.250. The summed E-state index contributed by atoms with van der Waals surface area (Å²) in [5, 5.41) is 21.3. The fourth-order valence-corrected chi connectivity index (χ4v) is 5.11. The molecule has 3 aromatic rings. The van der Waals surface area contributed by atoms with E-state index in [0.29, 0.717) is 0 Å². The molecule has 0 bridgehead atoms. The van der Waals surface area contributed by atoms with Gasteiger partial charge in [-0.15, -0.1) is 0 Å². The van der Waals surface area contributed by atoms with Crippen LogP contribution >= 0.6 is 0 Å². The number of hydrogen-bond donors (Lipinski definition) is 2. The van der Waals surface area contributed by atoms with Gasteiger partial charge in [0.15, 0.2) is 14.7 Å². The van der Waals surface area contributed by atoms with Crippen LogP contribution in [0.5, 0.6) is 0 Å². The SMILES string of the molecule is CC(C)(O)c1cc([S+](c2ccccc2)c2ccccc2)cc(C(C)(C)O)c1. The van der Waals surface area contributed by atoms with Crippen molar-refractivity contribution in [2.75, 3.05) is 0 Å². The summed E-state index contributed by atoms with van der Waals surface area (Å²) in [4.78, 5) is 3.50. The fourth-order valence-electron chi connectivity index (χ4n) is 2.94. The molecule has 3 aromatic carbocycles. The van der Waals surface area contributed by atoms with E-state index in [4.69, 9.17) is 0 Å². The second-order valence-corrected chi connectivity index (χ2v) is 9.82. The van der Waals surface area contributed by atoms with Crippen LogP contribution < -0.4 is 0 Å². The Hall–Kier alpha value is -2.07. The number of hydrogen-bond acceptors (Lipinski definition) is 2. The Labute approximate surface area is 164 Å². The van der Waals surface area contributed by atoms with Crippen LogP contribution in [0.25, 0.3) is 0 Å². The van der Waals surface area contributed by atoms with E-state index in [-0.39, 0.29) is 10.9 Å². The van der Waals surface area contributed by atoms with Gasteiger partial charge in [0.1, 0.15) is 0 Å². The molecule has 0 spiro atoms. The van der Waals surface area contributed by atoms with Crippen LogP contribution in [0.2, 0.25) is 0 Å². The number of aliphatic hydroxyl groups is 2. The third-order valence-corrected chi connectivity index (χ3v) is 6.71. The van der Waals surface area contributed by atoms with Gasteiger partial charge in [-0.05, 0) is 69.2 Å². The number of rotatable bonds is 5. The monoisotopic (exact) mass is 379 g/mol. The van der Waals surface area contributed by atoms with Crippen molar-refractivity contribution in [2.24, 2.45) is 0 Å². The van der Waals surface area contributed by atoms with Gasteiger partial charge >= 0.3 is 0 Å². The molecule has 0 aromatic heterocycles. The first kappa shape index (κ1) is 19.7. The van der Waals surface area contributed by atoms with Crippen LogP contribution in [0, 0.1) is 0 Å². The van der Waals surface area contributed by atoms with Gasteiger partial charge in [-0.3, -0.25) is 0 Å². The first-order valence-electron chi connectivity index (χ1n) is 9.11. The highest BCUT2D eigenvalue weighted by Crippen LogP contribution is 2.36. The third kappa shape index (κ3) is 4.62. The van der Waals surface area contributed by atoms with Gasteiger partial charge in [0, 0.05) is 12.1 Å². The Kier molecular flexibility index (Phi) is 5.48. The van der Waals surface area contributed by atoms with E-state index in [2.05, 4.69) is 60.7 Å². The summed E-state index contributed by atoms with van der Waals surface area (Å²) in [6, 6.07) is 26.8. The average molecular weight is 380 g/mol. The van der Waals surface area contributed by atoms with Crippen molar-refractivity contribution in [1.82, 2.24) is 0 Å². The standard InChI is InChI=1S/C24H27O2S/c1-23(2,25)18-15-19(24(3,4)26)17-22(16-18)27(20-11-7-5-8-12-20)21-13-9-6-10-14-21/h5-17,25-26H,1-4H3/q+1. The molecule has 0 amide bonds. The molecule has 0 saturated carbocycles. The normalized spacial score (nSPS) is 12.4. The molecule has 2 nitrogen and oxygen atoms in total. The molecule has 27 heavy (non-hydrogen) atoms. The minimum Gasteiger partial charge on any atom is -0.386 e. The van der Waals surface area contributed by atoms with E-state index in [1.165, 1.54) is 9.79 Å². The van der Waals surface area contributed by atoms with Crippen molar-refractivity contribution in [2.45, 2.75) is 53.6 Å². The van der Waals surface area contributed by atoms with Crippen molar-refractivity contribution in [3.63, 3.8) is 0 Å². The predicted octanol–water partition coefficient (Wildman–Crippen LogP) is 5.24. The highest BCUT2D eigenvalue weighted by molar-refractivity contribution is 7.97. The van der Waals surface area contributed by atoms with Gasteiger partial charge in [-0.2, -0.15) is 0 Å². The zero-order valence-electron chi connectivity index (χ0n) is 16.3. The summed E-state index contributed by atoms with van der Waals surface area (Å²) in [6.07, 6.45) is 0. The Balaban J connectivity index is 2.26. The molecule has 3 heteroatoms. The predicted molar refractivity (Wildman–Crippen MR) is 112 cm³/mol. The zero-order chi connectivity index (χ0) is 19.7. The second kappa shape index (κ2) is 7.51. The minimum atomic E-state index is -0.988. The average Bonchev–Trinajstić information content (AvgIpc) is 2.62. The smallest absolute Gasteiger partial charge is 0.167 e. The molecule has 0 aliphatic heterocycles. The van der Waals surface area contributed by atoms with E-state index in [0.717, 1.165) is 16.0 Å². The van der Waals surface area contributed by atoms with Gasteiger partial charge < -0.3 is 10.2 Å². The molecule has 0 aliphatic carbocycles. The van der Waals surface area contributed by atoms with Crippen LogP contribution in [0.15, 0.2) is 93.5 Å². The van der Waals surface area contributed by atoms with E-state index in [1.54, 1.807) is 27.7 Å². The highest BCUT2D eigenvalue weighted by atomic mass is 32.2. The first-order valence-corrected chi connectivity index (χ1v) is 10.3. The molecule has 0 fully saturated rings. The molecule has 0 atom stereocenters. The maximum absolute atomic E-state index is 10.6. The minimum absolute atomic E-state index is 0.327. The Morgan fingerprint density at radius 1 is 0.556 bits per heavy atom. The van der Waals surface area contributed by atoms with Crippen molar-refractivity contribution < 1.29 is 10.2 Å². The van der Waals surface area contributed by atoms with Gasteiger partial charge in [0.25, 0.3) is 0 Å². The van der Waals surface area contributed by atoms with Crippen LogP contribution in [-0.4, -0.2) is 10.2 Å².